The van der Waals surface area contributed by atoms with Crippen molar-refractivity contribution in [3.05, 3.63) is 11.6 Å². The minimum atomic E-state index is 0.527. The molecule has 0 bridgehead atoms. The molecule has 4 aliphatic carbocycles. The van der Waals surface area contributed by atoms with Crippen LogP contribution < -0.4 is 0 Å². The maximum Gasteiger partial charge on any atom is 0.00873 e. The molecule has 8 atom stereocenters. The standard InChI is InChI=1S/C30H52S/c1-20(2)9-8-10-22(5)26-13-14-27-25-12-11-23-19-24(31-21(3)4)15-17-29(23,6)28(25)16-18-30(26,27)7/h11,20-22,24-28H,8-10,12-19H2,1-7H3/t22-,24?,25+,26-,27+,28+,29+,30-/m1/s1. The van der Waals surface area contributed by atoms with Gasteiger partial charge < -0.3 is 0 Å². The van der Waals surface area contributed by atoms with Crippen LogP contribution in [0.25, 0.3) is 0 Å². The zero-order valence-corrected chi connectivity index (χ0v) is 22.7. The Kier molecular flexibility index (Phi) is 7.33. The smallest absolute Gasteiger partial charge is 0.00873 e. The zero-order valence-electron chi connectivity index (χ0n) is 21.9. The first-order valence-electron chi connectivity index (χ1n) is 14.0. The summed E-state index contributed by atoms with van der Waals surface area (Å²) in [6.45, 7) is 17.6. The molecule has 4 rings (SSSR count). The Morgan fingerprint density at radius 3 is 2.42 bits per heavy atom. The molecule has 0 aromatic carbocycles. The van der Waals surface area contributed by atoms with Crippen molar-refractivity contribution in [2.75, 3.05) is 0 Å². The lowest BCUT2D eigenvalue weighted by Gasteiger charge is -2.58. The van der Waals surface area contributed by atoms with Crippen molar-refractivity contribution in [3.63, 3.8) is 0 Å². The van der Waals surface area contributed by atoms with Gasteiger partial charge in [0.15, 0.2) is 0 Å². The maximum atomic E-state index is 2.78. The van der Waals surface area contributed by atoms with Gasteiger partial charge in [-0.15, -0.1) is 0 Å². The molecule has 1 unspecified atom stereocenters. The van der Waals surface area contributed by atoms with Crippen LogP contribution in [0, 0.1) is 46.3 Å². The summed E-state index contributed by atoms with van der Waals surface area (Å²) in [5.74, 6) is 5.75. The molecule has 0 aromatic heterocycles. The van der Waals surface area contributed by atoms with Gasteiger partial charge in [0, 0.05) is 5.25 Å². The van der Waals surface area contributed by atoms with Gasteiger partial charge in [-0.1, -0.05) is 79.4 Å². The third-order valence-corrected chi connectivity index (χ3v) is 12.1. The normalized spacial score (nSPS) is 43.4. The summed E-state index contributed by atoms with van der Waals surface area (Å²) in [7, 11) is 0. The number of allylic oxidation sites excluding steroid dienone is 2. The second kappa shape index (κ2) is 9.38. The highest BCUT2D eigenvalue weighted by Gasteiger charge is 2.59. The van der Waals surface area contributed by atoms with Gasteiger partial charge in [-0.3, -0.25) is 0 Å². The van der Waals surface area contributed by atoms with Crippen molar-refractivity contribution >= 4 is 11.8 Å². The molecule has 0 saturated heterocycles. The molecule has 178 valence electrons. The van der Waals surface area contributed by atoms with Gasteiger partial charge in [0.1, 0.15) is 0 Å². The number of rotatable bonds is 7. The molecule has 1 heteroatoms. The van der Waals surface area contributed by atoms with E-state index in [0.29, 0.717) is 10.8 Å². The van der Waals surface area contributed by atoms with Crippen molar-refractivity contribution in [1.82, 2.24) is 0 Å². The minimum absolute atomic E-state index is 0.527. The fourth-order valence-corrected chi connectivity index (χ4v) is 10.5. The highest BCUT2D eigenvalue weighted by molar-refractivity contribution is 8.00. The summed E-state index contributed by atoms with van der Waals surface area (Å²) >= 11 is 2.24. The molecule has 0 aliphatic heterocycles. The van der Waals surface area contributed by atoms with E-state index >= 15 is 0 Å². The molecule has 0 spiro atoms. The van der Waals surface area contributed by atoms with Gasteiger partial charge in [-0.25, -0.2) is 0 Å². The van der Waals surface area contributed by atoms with Gasteiger partial charge in [-0.2, -0.15) is 11.8 Å². The summed E-state index contributed by atoms with van der Waals surface area (Å²) in [5, 5.41) is 1.66. The van der Waals surface area contributed by atoms with E-state index in [9.17, 15) is 0 Å². The van der Waals surface area contributed by atoms with Crippen LogP contribution in [0.1, 0.15) is 119 Å². The lowest BCUT2D eigenvalue weighted by atomic mass is 9.47. The number of hydrogen-bond acceptors (Lipinski definition) is 1. The molecule has 0 amide bonds. The largest absolute Gasteiger partial charge is 0.155 e. The third-order valence-electron chi connectivity index (χ3n) is 10.7. The van der Waals surface area contributed by atoms with Crippen LogP contribution >= 0.6 is 11.8 Å². The highest BCUT2D eigenvalue weighted by atomic mass is 32.2. The lowest BCUT2D eigenvalue weighted by molar-refractivity contribution is -0.0497. The van der Waals surface area contributed by atoms with Crippen LogP contribution in [0.4, 0.5) is 0 Å². The molecular weight excluding hydrogens is 392 g/mol. The molecular formula is C30H52S. The maximum absolute atomic E-state index is 2.78. The Balaban J connectivity index is 1.46. The Bertz CT molecular complexity index is 647. The quantitative estimate of drug-likeness (QED) is 0.352. The first kappa shape index (κ1) is 24.2. The average molecular weight is 445 g/mol. The van der Waals surface area contributed by atoms with Crippen molar-refractivity contribution in [1.29, 1.82) is 0 Å². The molecule has 31 heavy (non-hydrogen) atoms. The first-order chi connectivity index (χ1) is 14.6. The number of hydrogen-bond donors (Lipinski definition) is 0. The SMILES string of the molecule is CC(C)CCC[C@@H](C)[C@H]1CC[C@H]2[C@@H]3CC=C4CC(SC(C)C)CC[C@]4(C)[C@H]3CC[C@]12C. The van der Waals surface area contributed by atoms with Crippen molar-refractivity contribution in [3.8, 4) is 0 Å². The van der Waals surface area contributed by atoms with E-state index in [1.807, 2.05) is 5.57 Å². The van der Waals surface area contributed by atoms with E-state index in [4.69, 9.17) is 0 Å². The Labute approximate surface area is 199 Å². The van der Waals surface area contributed by atoms with E-state index in [-0.39, 0.29) is 0 Å². The number of fused-ring (bicyclic) bond motifs is 5. The van der Waals surface area contributed by atoms with Crippen LogP contribution in [0.3, 0.4) is 0 Å². The molecule has 0 nitrogen and oxygen atoms in total. The van der Waals surface area contributed by atoms with Gasteiger partial charge in [0.05, 0.1) is 0 Å². The Morgan fingerprint density at radius 2 is 1.71 bits per heavy atom. The molecule has 4 aliphatic rings. The molecule has 3 fully saturated rings. The van der Waals surface area contributed by atoms with Crippen LogP contribution in [0.5, 0.6) is 0 Å². The van der Waals surface area contributed by atoms with Crippen LogP contribution in [-0.4, -0.2) is 10.5 Å². The Hall–Kier alpha value is 0.0900. The van der Waals surface area contributed by atoms with Gasteiger partial charge in [0.25, 0.3) is 0 Å². The Morgan fingerprint density at radius 1 is 0.935 bits per heavy atom. The second-order valence-electron chi connectivity index (χ2n) is 13.3. The van der Waals surface area contributed by atoms with E-state index in [0.717, 1.165) is 46.0 Å². The zero-order chi connectivity index (χ0) is 22.4. The topological polar surface area (TPSA) is 0 Å². The summed E-state index contributed by atoms with van der Waals surface area (Å²) in [6, 6.07) is 0. The fourth-order valence-electron chi connectivity index (χ4n) is 9.15. The molecule has 0 aromatic rings. The minimum Gasteiger partial charge on any atom is -0.155 e. The molecule has 0 radical (unpaired) electrons. The van der Waals surface area contributed by atoms with Crippen LogP contribution in [0.15, 0.2) is 11.6 Å². The molecule has 0 N–H and O–H groups in total. The predicted molar refractivity (Wildman–Crippen MR) is 140 cm³/mol. The van der Waals surface area contributed by atoms with Gasteiger partial charge in [0.2, 0.25) is 0 Å². The number of thioether (sulfide) groups is 1. The van der Waals surface area contributed by atoms with Crippen LogP contribution in [-0.2, 0) is 0 Å². The fraction of sp³-hybridized carbons (Fsp3) is 0.933. The summed E-state index contributed by atoms with van der Waals surface area (Å²) in [5.41, 5.74) is 3.03. The third kappa shape index (κ3) is 4.57. The monoisotopic (exact) mass is 444 g/mol. The second-order valence-corrected chi connectivity index (χ2v) is 15.2. The first-order valence-corrected chi connectivity index (χ1v) is 14.9. The van der Waals surface area contributed by atoms with E-state index in [2.05, 4.69) is 66.3 Å². The molecule has 3 saturated carbocycles. The predicted octanol–water partition coefficient (Wildman–Crippen LogP) is 9.54. The molecule has 0 heterocycles. The van der Waals surface area contributed by atoms with Gasteiger partial charge >= 0.3 is 0 Å². The van der Waals surface area contributed by atoms with Crippen LogP contribution in [0.2, 0.25) is 0 Å². The van der Waals surface area contributed by atoms with Crippen molar-refractivity contribution in [2.45, 2.75) is 130 Å². The summed E-state index contributed by atoms with van der Waals surface area (Å²) < 4.78 is 0. The van der Waals surface area contributed by atoms with Gasteiger partial charge in [-0.05, 0) is 103 Å². The van der Waals surface area contributed by atoms with E-state index in [1.54, 1.807) is 0 Å². The summed E-state index contributed by atoms with van der Waals surface area (Å²) in [4.78, 5) is 0. The highest BCUT2D eigenvalue weighted by Crippen LogP contribution is 2.67. The van der Waals surface area contributed by atoms with Crippen molar-refractivity contribution in [2.24, 2.45) is 46.3 Å². The van der Waals surface area contributed by atoms with Crippen molar-refractivity contribution < 1.29 is 0 Å². The van der Waals surface area contributed by atoms with E-state index < -0.39 is 0 Å². The summed E-state index contributed by atoms with van der Waals surface area (Å²) in [6.07, 6.45) is 18.9. The van der Waals surface area contributed by atoms with E-state index in [1.165, 1.54) is 70.6 Å². The lowest BCUT2D eigenvalue weighted by Crippen LogP contribution is -2.50. The average Bonchev–Trinajstić information content (AvgIpc) is 3.05.